The zero-order valence-electron chi connectivity index (χ0n) is 13.2. The number of ether oxygens (including phenoxy) is 1. The molecule has 3 rings (SSSR count). The Labute approximate surface area is 132 Å². The third-order valence-electron chi connectivity index (χ3n) is 5.04. The van der Waals surface area contributed by atoms with Gasteiger partial charge in [-0.1, -0.05) is 43.2 Å². The van der Waals surface area contributed by atoms with Crippen LogP contribution in [0.25, 0.3) is 0 Å². The van der Waals surface area contributed by atoms with E-state index < -0.39 is 0 Å². The van der Waals surface area contributed by atoms with Crippen molar-refractivity contribution in [3.8, 4) is 0 Å². The lowest BCUT2D eigenvalue weighted by atomic mass is 9.78. The smallest absolute Gasteiger partial charge is 0.230 e. The number of morpholine rings is 1. The summed E-state index contributed by atoms with van der Waals surface area (Å²) < 4.78 is 5.35. The molecule has 1 saturated heterocycles. The minimum atomic E-state index is -0.299. The van der Waals surface area contributed by atoms with Gasteiger partial charge in [-0.05, 0) is 18.4 Å². The first-order valence-corrected chi connectivity index (χ1v) is 8.45. The Morgan fingerprint density at radius 3 is 2.50 bits per heavy atom. The first kappa shape index (κ1) is 15.5. The third kappa shape index (κ3) is 3.33. The summed E-state index contributed by atoms with van der Waals surface area (Å²) in [7, 11) is 0. The fourth-order valence-corrected chi connectivity index (χ4v) is 3.70. The highest BCUT2D eigenvalue weighted by atomic mass is 16.5. The predicted molar refractivity (Wildman–Crippen MR) is 86.9 cm³/mol. The summed E-state index contributed by atoms with van der Waals surface area (Å²) in [6.07, 6.45) is 4.23. The summed E-state index contributed by atoms with van der Waals surface area (Å²) in [5.74, 6) is 0.212. The summed E-state index contributed by atoms with van der Waals surface area (Å²) in [5.41, 5.74) is 0.878. The molecular weight excluding hydrogens is 276 g/mol. The minimum Gasteiger partial charge on any atom is -0.379 e. The van der Waals surface area contributed by atoms with Gasteiger partial charge in [0.1, 0.15) is 0 Å². The molecule has 2 aliphatic rings. The van der Waals surface area contributed by atoms with Gasteiger partial charge in [0, 0.05) is 26.2 Å². The summed E-state index contributed by atoms with van der Waals surface area (Å²) in [6, 6.07) is 10.3. The molecule has 4 heteroatoms. The second-order valence-electron chi connectivity index (χ2n) is 6.37. The van der Waals surface area contributed by atoms with E-state index >= 15 is 0 Å². The Kier molecular flexibility index (Phi) is 5.11. The second-order valence-corrected chi connectivity index (χ2v) is 6.37. The number of carbonyl (C=O) groups is 1. The molecule has 2 fully saturated rings. The number of nitrogens with zero attached hydrogens (tertiary/aromatic N) is 1. The van der Waals surface area contributed by atoms with Crippen LogP contribution >= 0.6 is 0 Å². The lowest BCUT2D eigenvalue weighted by molar-refractivity contribution is -0.126. The highest BCUT2D eigenvalue weighted by Gasteiger charge is 2.42. The van der Waals surface area contributed by atoms with Gasteiger partial charge in [0.15, 0.2) is 0 Å². The lowest BCUT2D eigenvalue weighted by Crippen LogP contribution is -2.46. The summed E-state index contributed by atoms with van der Waals surface area (Å²) >= 11 is 0. The quantitative estimate of drug-likeness (QED) is 0.904. The van der Waals surface area contributed by atoms with E-state index in [0.717, 1.165) is 65.1 Å². The predicted octanol–water partition coefficient (Wildman–Crippen LogP) is 1.95. The molecule has 0 aromatic heterocycles. The normalized spacial score (nSPS) is 21.6. The molecule has 22 heavy (non-hydrogen) atoms. The third-order valence-corrected chi connectivity index (χ3v) is 5.04. The van der Waals surface area contributed by atoms with Crippen molar-refractivity contribution in [2.75, 3.05) is 39.4 Å². The van der Waals surface area contributed by atoms with Crippen molar-refractivity contribution < 1.29 is 9.53 Å². The van der Waals surface area contributed by atoms with Gasteiger partial charge < -0.3 is 10.1 Å². The Hall–Kier alpha value is -1.39. The van der Waals surface area contributed by atoms with E-state index in [9.17, 15) is 4.79 Å². The van der Waals surface area contributed by atoms with E-state index in [1.807, 2.05) is 18.2 Å². The maximum absolute atomic E-state index is 12.9. The Bertz CT molecular complexity index is 477. The molecule has 1 aliphatic heterocycles. The van der Waals surface area contributed by atoms with Crippen molar-refractivity contribution in [1.82, 2.24) is 10.2 Å². The number of rotatable bonds is 5. The molecular formula is C18H26N2O2. The highest BCUT2D eigenvalue weighted by Crippen LogP contribution is 2.41. The van der Waals surface area contributed by atoms with Gasteiger partial charge >= 0.3 is 0 Å². The van der Waals surface area contributed by atoms with Gasteiger partial charge in [-0.15, -0.1) is 0 Å². The summed E-state index contributed by atoms with van der Waals surface area (Å²) in [5, 5.41) is 3.19. The van der Waals surface area contributed by atoms with Gasteiger partial charge in [0.2, 0.25) is 5.91 Å². The van der Waals surface area contributed by atoms with Crippen LogP contribution in [0.3, 0.4) is 0 Å². The van der Waals surface area contributed by atoms with Crippen LogP contribution in [0.2, 0.25) is 0 Å². The van der Waals surface area contributed by atoms with E-state index in [2.05, 4.69) is 22.3 Å². The molecule has 1 aromatic rings. The molecule has 1 heterocycles. The van der Waals surface area contributed by atoms with Crippen LogP contribution in [-0.2, 0) is 14.9 Å². The Morgan fingerprint density at radius 1 is 1.14 bits per heavy atom. The van der Waals surface area contributed by atoms with Gasteiger partial charge in [0.05, 0.1) is 18.6 Å². The Morgan fingerprint density at radius 2 is 1.82 bits per heavy atom. The van der Waals surface area contributed by atoms with E-state index in [-0.39, 0.29) is 11.3 Å². The van der Waals surface area contributed by atoms with Crippen LogP contribution in [0, 0.1) is 0 Å². The van der Waals surface area contributed by atoms with Crippen molar-refractivity contribution in [1.29, 1.82) is 0 Å². The van der Waals surface area contributed by atoms with Crippen molar-refractivity contribution in [3.05, 3.63) is 35.9 Å². The lowest BCUT2D eigenvalue weighted by Gasteiger charge is -2.30. The average Bonchev–Trinajstić information content (AvgIpc) is 3.08. The standard InChI is InChI=1S/C18H26N2O2/c21-17(19-10-11-20-12-14-22-15-13-20)18(8-4-5-9-18)16-6-2-1-3-7-16/h1-3,6-7H,4-5,8-15H2,(H,19,21). The zero-order chi connectivity index (χ0) is 15.3. The molecule has 0 bridgehead atoms. The van der Waals surface area contributed by atoms with Gasteiger partial charge in [0.25, 0.3) is 0 Å². The molecule has 120 valence electrons. The van der Waals surface area contributed by atoms with E-state index in [4.69, 9.17) is 4.74 Å². The van der Waals surface area contributed by atoms with Crippen LogP contribution in [0.15, 0.2) is 30.3 Å². The molecule has 1 saturated carbocycles. The topological polar surface area (TPSA) is 41.6 Å². The fourth-order valence-electron chi connectivity index (χ4n) is 3.70. The fraction of sp³-hybridized carbons (Fsp3) is 0.611. The van der Waals surface area contributed by atoms with Crippen molar-refractivity contribution in [2.24, 2.45) is 0 Å². The molecule has 1 amide bonds. The van der Waals surface area contributed by atoms with E-state index in [1.54, 1.807) is 0 Å². The molecule has 1 aliphatic carbocycles. The second kappa shape index (κ2) is 7.25. The number of hydrogen-bond donors (Lipinski definition) is 1. The number of benzene rings is 1. The van der Waals surface area contributed by atoms with Crippen molar-refractivity contribution in [3.63, 3.8) is 0 Å². The summed E-state index contributed by atoms with van der Waals surface area (Å²) in [4.78, 5) is 15.2. The number of carbonyl (C=O) groups excluding carboxylic acids is 1. The molecule has 0 atom stereocenters. The van der Waals surface area contributed by atoms with Gasteiger partial charge in [-0.2, -0.15) is 0 Å². The van der Waals surface area contributed by atoms with Crippen molar-refractivity contribution >= 4 is 5.91 Å². The molecule has 0 spiro atoms. The van der Waals surface area contributed by atoms with Crippen LogP contribution in [0.4, 0.5) is 0 Å². The van der Waals surface area contributed by atoms with Crippen LogP contribution in [-0.4, -0.2) is 50.2 Å². The molecule has 4 nitrogen and oxygen atoms in total. The zero-order valence-corrected chi connectivity index (χ0v) is 13.2. The SMILES string of the molecule is O=C(NCCN1CCOCC1)C1(c2ccccc2)CCCC1. The first-order valence-electron chi connectivity index (χ1n) is 8.45. The number of hydrogen-bond acceptors (Lipinski definition) is 3. The van der Waals surface area contributed by atoms with E-state index in [1.165, 1.54) is 5.56 Å². The maximum atomic E-state index is 12.9. The molecule has 0 unspecified atom stereocenters. The maximum Gasteiger partial charge on any atom is 0.230 e. The Balaban J connectivity index is 1.59. The van der Waals surface area contributed by atoms with Crippen LogP contribution < -0.4 is 5.32 Å². The number of amides is 1. The largest absolute Gasteiger partial charge is 0.379 e. The van der Waals surface area contributed by atoms with E-state index in [0.29, 0.717) is 0 Å². The van der Waals surface area contributed by atoms with Crippen molar-refractivity contribution in [2.45, 2.75) is 31.1 Å². The molecule has 1 N–H and O–H groups in total. The van der Waals surface area contributed by atoms with Crippen LogP contribution in [0.5, 0.6) is 0 Å². The summed E-state index contributed by atoms with van der Waals surface area (Å²) in [6.45, 7) is 5.20. The minimum absolute atomic E-state index is 0.212. The van der Waals surface area contributed by atoms with Gasteiger partial charge in [-0.3, -0.25) is 9.69 Å². The van der Waals surface area contributed by atoms with Crippen LogP contribution in [0.1, 0.15) is 31.2 Å². The highest BCUT2D eigenvalue weighted by molar-refractivity contribution is 5.88. The average molecular weight is 302 g/mol. The first-order chi connectivity index (χ1) is 10.8. The molecule has 0 radical (unpaired) electrons. The monoisotopic (exact) mass is 302 g/mol. The number of nitrogens with one attached hydrogen (secondary N) is 1. The molecule has 1 aromatic carbocycles. The van der Waals surface area contributed by atoms with Gasteiger partial charge in [-0.25, -0.2) is 0 Å².